The maximum atomic E-state index is 4.11. The van der Waals surface area contributed by atoms with Crippen LogP contribution in [0.15, 0.2) is 73.4 Å². The first-order chi connectivity index (χ1) is 11.2. The van der Waals surface area contributed by atoms with Gasteiger partial charge in [0.25, 0.3) is 0 Å². The predicted octanol–water partition coefficient (Wildman–Crippen LogP) is 7.48. The monoisotopic (exact) mass is 310 g/mol. The van der Waals surface area contributed by atoms with Gasteiger partial charge in [-0.05, 0) is 30.9 Å². The van der Waals surface area contributed by atoms with Crippen LogP contribution in [-0.4, -0.2) is 0 Å². The summed E-state index contributed by atoms with van der Waals surface area (Å²) in [6, 6.07) is 0. The van der Waals surface area contributed by atoms with E-state index in [0.29, 0.717) is 0 Å². The van der Waals surface area contributed by atoms with Crippen LogP contribution < -0.4 is 0 Å². The maximum absolute atomic E-state index is 4.11. The highest BCUT2D eigenvalue weighted by Gasteiger charge is 2.34. The molecule has 1 fully saturated rings. The summed E-state index contributed by atoms with van der Waals surface area (Å²) in [6.07, 6.45) is 26.3. The lowest BCUT2D eigenvalue weighted by atomic mass is 9.66. The van der Waals surface area contributed by atoms with Crippen LogP contribution in [0.2, 0.25) is 0 Å². The van der Waals surface area contributed by atoms with Crippen molar-refractivity contribution in [2.75, 3.05) is 0 Å². The van der Waals surface area contributed by atoms with E-state index in [4.69, 9.17) is 0 Å². The average Bonchev–Trinajstić information content (AvgIpc) is 2.57. The molecule has 0 unspecified atom stereocenters. The average molecular weight is 311 g/mol. The molecule has 0 heteroatoms. The molecule has 126 valence electrons. The van der Waals surface area contributed by atoms with E-state index in [1.807, 2.05) is 18.2 Å². The Hall–Kier alpha value is -1.56. The van der Waals surface area contributed by atoms with Crippen molar-refractivity contribution in [2.45, 2.75) is 64.7 Å². The standard InChI is InChI=1S/C23H34/c1-5-16-21(8-4)23(22(17-6-2)18-7-3)19-14-12-10-9-11-13-15-20-23/h5-8,16-18H,1-2,4,9-15,19-20H2,3H3/b18-7-,21-16+,22-17+. The van der Waals surface area contributed by atoms with Crippen molar-refractivity contribution in [1.82, 2.24) is 0 Å². The van der Waals surface area contributed by atoms with E-state index in [9.17, 15) is 0 Å². The molecule has 0 radical (unpaired) electrons. The molecule has 0 spiro atoms. The summed E-state index contributed by atoms with van der Waals surface area (Å²) in [5.74, 6) is 0. The first-order valence-electron chi connectivity index (χ1n) is 9.16. The van der Waals surface area contributed by atoms with Gasteiger partial charge >= 0.3 is 0 Å². The molecule has 1 aliphatic carbocycles. The van der Waals surface area contributed by atoms with E-state index >= 15 is 0 Å². The van der Waals surface area contributed by atoms with Gasteiger partial charge in [-0.25, -0.2) is 0 Å². The van der Waals surface area contributed by atoms with E-state index in [0.717, 1.165) is 0 Å². The third-order valence-electron chi connectivity index (χ3n) is 4.97. The highest BCUT2D eigenvalue weighted by molar-refractivity contribution is 5.43. The van der Waals surface area contributed by atoms with Crippen molar-refractivity contribution < 1.29 is 0 Å². The van der Waals surface area contributed by atoms with Gasteiger partial charge in [0.15, 0.2) is 0 Å². The minimum atomic E-state index is 0.0496. The molecule has 0 atom stereocenters. The fourth-order valence-electron chi connectivity index (χ4n) is 3.84. The van der Waals surface area contributed by atoms with Crippen molar-refractivity contribution in [3.05, 3.63) is 73.4 Å². The Balaban J connectivity index is 3.37. The number of rotatable bonds is 6. The van der Waals surface area contributed by atoms with Crippen molar-refractivity contribution in [1.29, 1.82) is 0 Å². The van der Waals surface area contributed by atoms with Crippen molar-refractivity contribution >= 4 is 0 Å². The van der Waals surface area contributed by atoms with Crippen LogP contribution >= 0.6 is 0 Å². The molecule has 1 aliphatic rings. The second-order valence-corrected chi connectivity index (χ2v) is 6.48. The van der Waals surface area contributed by atoms with Crippen LogP contribution in [0.1, 0.15) is 64.7 Å². The summed E-state index contributed by atoms with van der Waals surface area (Å²) < 4.78 is 0. The van der Waals surface area contributed by atoms with E-state index in [2.05, 4.69) is 51.0 Å². The summed E-state index contributed by atoms with van der Waals surface area (Å²) in [5.41, 5.74) is 2.72. The van der Waals surface area contributed by atoms with Crippen LogP contribution in [0.25, 0.3) is 0 Å². The lowest BCUT2D eigenvalue weighted by Crippen LogP contribution is -2.25. The quantitative estimate of drug-likeness (QED) is 0.446. The first kappa shape index (κ1) is 19.5. The molecule has 0 N–H and O–H groups in total. The number of hydrogen-bond donors (Lipinski definition) is 0. The van der Waals surface area contributed by atoms with Crippen LogP contribution in [0.4, 0.5) is 0 Å². The van der Waals surface area contributed by atoms with Crippen LogP contribution in [0, 0.1) is 5.41 Å². The van der Waals surface area contributed by atoms with Crippen LogP contribution in [0.3, 0.4) is 0 Å². The minimum Gasteiger partial charge on any atom is -0.0991 e. The number of hydrogen-bond acceptors (Lipinski definition) is 0. The van der Waals surface area contributed by atoms with Gasteiger partial charge in [0.2, 0.25) is 0 Å². The summed E-state index contributed by atoms with van der Waals surface area (Å²) in [5, 5.41) is 0. The summed E-state index contributed by atoms with van der Waals surface area (Å²) in [6.45, 7) is 14.1. The second-order valence-electron chi connectivity index (χ2n) is 6.48. The lowest BCUT2D eigenvalue weighted by Gasteiger charge is -2.38. The molecule has 0 saturated heterocycles. The first-order valence-corrected chi connectivity index (χ1v) is 9.16. The highest BCUT2D eigenvalue weighted by atomic mass is 14.4. The third kappa shape index (κ3) is 5.53. The molecule has 1 saturated carbocycles. The van der Waals surface area contributed by atoms with Gasteiger partial charge in [-0.3, -0.25) is 0 Å². The third-order valence-corrected chi connectivity index (χ3v) is 4.97. The Morgan fingerprint density at radius 3 is 1.65 bits per heavy atom. The Kier molecular flexibility index (Phi) is 9.36. The fraction of sp³-hybridized carbons (Fsp3) is 0.478. The van der Waals surface area contributed by atoms with Crippen molar-refractivity contribution in [2.24, 2.45) is 5.41 Å². The molecule has 0 aromatic heterocycles. The summed E-state index contributed by atoms with van der Waals surface area (Å²) in [7, 11) is 0. The fourth-order valence-corrected chi connectivity index (χ4v) is 3.84. The highest BCUT2D eigenvalue weighted by Crippen LogP contribution is 2.47. The predicted molar refractivity (Wildman–Crippen MR) is 106 cm³/mol. The van der Waals surface area contributed by atoms with Crippen LogP contribution in [0.5, 0.6) is 0 Å². The van der Waals surface area contributed by atoms with Gasteiger partial charge in [-0.2, -0.15) is 0 Å². The van der Waals surface area contributed by atoms with Gasteiger partial charge in [-0.15, -0.1) is 0 Å². The van der Waals surface area contributed by atoms with Crippen molar-refractivity contribution in [3.8, 4) is 0 Å². The molecular weight excluding hydrogens is 276 g/mol. The normalized spacial score (nSPS) is 20.9. The second kappa shape index (κ2) is 11.0. The SMILES string of the molecule is C=C/C=C(\C=C)C1(C(/C=C\C)=C/C=C)CCCCCCCCC1. The van der Waals surface area contributed by atoms with Crippen LogP contribution in [-0.2, 0) is 0 Å². The molecule has 0 amide bonds. The Bertz CT molecular complexity index is 460. The van der Waals surface area contributed by atoms with Gasteiger partial charge in [0.05, 0.1) is 0 Å². The van der Waals surface area contributed by atoms with E-state index in [-0.39, 0.29) is 5.41 Å². The van der Waals surface area contributed by atoms with E-state index in [1.165, 1.54) is 68.9 Å². The van der Waals surface area contributed by atoms with Gasteiger partial charge in [-0.1, -0.05) is 107 Å². The van der Waals surface area contributed by atoms with E-state index in [1.54, 1.807) is 0 Å². The zero-order valence-electron chi connectivity index (χ0n) is 15.0. The Labute approximate surface area is 144 Å². The lowest BCUT2D eigenvalue weighted by molar-refractivity contribution is 0.333. The molecule has 0 nitrogen and oxygen atoms in total. The molecule has 0 aliphatic heterocycles. The molecular formula is C23H34. The summed E-state index contributed by atoms with van der Waals surface area (Å²) in [4.78, 5) is 0. The van der Waals surface area contributed by atoms with E-state index < -0.39 is 0 Å². The molecule has 0 heterocycles. The van der Waals surface area contributed by atoms with Gasteiger partial charge in [0.1, 0.15) is 0 Å². The Morgan fingerprint density at radius 1 is 0.739 bits per heavy atom. The number of allylic oxidation sites excluding steroid dienone is 9. The van der Waals surface area contributed by atoms with Gasteiger partial charge in [0, 0.05) is 5.41 Å². The molecule has 23 heavy (non-hydrogen) atoms. The zero-order chi connectivity index (χ0) is 17.0. The largest absolute Gasteiger partial charge is 0.0991 e. The topological polar surface area (TPSA) is 0 Å². The molecule has 0 aromatic rings. The minimum absolute atomic E-state index is 0.0496. The molecule has 0 aromatic carbocycles. The smallest absolute Gasteiger partial charge is 0.0202 e. The molecule has 0 bridgehead atoms. The van der Waals surface area contributed by atoms with Gasteiger partial charge < -0.3 is 0 Å². The summed E-state index contributed by atoms with van der Waals surface area (Å²) >= 11 is 0. The zero-order valence-corrected chi connectivity index (χ0v) is 15.0. The molecule has 1 rings (SSSR count). The Morgan fingerprint density at radius 2 is 1.22 bits per heavy atom. The van der Waals surface area contributed by atoms with Crippen molar-refractivity contribution in [3.63, 3.8) is 0 Å². The maximum Gasteiger partial charge on any atom is 0.0202 e.